The zero-order chi connectivity index (χ0) is 14.7. The molecule has 0 unspecified atom stereocenters. The highest BCUT2D eigenvalue weighted by Gasteiger charge is 2.20. The molecule has 0 radical (unpaired) electrons. The number of aromatic nitrogens is 3. The molecule has 1 saturated carbocycles. The lowest BCUT2D eigenvalue weighted by atomic mass is 10.2. The van der Waals surface area contributed by atoms with Crippen LogP contribution in [0.5, 0.6) is 5.75 Å². The molecule has 1 fully saturated rings. The van der Waals surface area contributed by atoms with Crippen LogP contribution in [0.3, 0.4) is 0 Å². The van der Waals surface area contributed by atoms with Crippen LogP contribution >= 0.6 is 11.6 Å². The Kier molecular flexibility index (Phi) is 4.41. The first-order chi connectivity index (χ1) is 10.2. The Morgan fingerprint density at radius 2 is 2.29 bits per heavy atom. The molecule has 0 spiro atoms. The normalized spacial score (nSPS) is 14.4. The van der Waals surface area contributed by atoms with Gasteiger partial charge in [0.25, 0.3) is 0 Å². The molecule has 3 rings (SSSR count). The fourth-order valence-electron chi connectivity index (χ4n) is 2.09. The fraction of sp³-hybridized carbons (Fsp3) is 0.467. The first kappa shape index (κ1) is 14.4. The van der Waals surface area contributed by atoms with Crippen LogP contribution in [0.2, 0.25) is 5.02 Å². The summed E-state index contributed by atoms with van der Waals surface area (Å²) in [7, 11) is 0. The number of ether oxygens (including phenoxy) is 1. The molecule has 1 aromatic carbocycles. The summed E-state index contributed by atoms with van der Waals surface area (Å²) in [6, 6.07) is 6.31. The summed E-state index contributed by atoms with van der Waals surface area (Å²) < 4.78 is 7.56. The Morgan fingerprint density at radius 3 is 3.05 bits per heavy atom. The van der Waals surface area contributed by atoms with Gasteiger partial charge in [-0.15, -0.1) is 5.10 Å². The average Bonchev–Trinajstić information content (AvgIpc) is 3.18. The third-order valence-corrected chi connectivity index (χ3v) is 3.69. The Balaban J connectivity index is 1.46. The van der Waals surface area contributed by atoms with Gasteiger partial charge < -0.3 is 10.1 Å². The summed E-state index contributed by atoms with van der Waals surface area (Å²) in [6.45, 7) is 4.01. The van der Waals surface area contributed by atoms with E-state index in [9.17, 15) is 0 Å². The number of nitrogens with one attached hydrogen (secondary N) is 1. The Labute approximate surface area is 129 Å². The molecular weight excluding hydrogens is 288 g/mol. The minimum atomic E-state index is 0.557. The van der Waals surface area contributed by atoms with Crippen molar-refractivity contribution in [2.45, 2.75) is 38.9 Å². The maximum absolute atomic E-state index is 5.92. The van der Waals surface area contributed by atoms with Crippen molar-refractivity contribution >= 4 is 11.6 Å². The molecule has 0 atom stereocenters. The summed E-state index contributed by atoms with van der Waals surface area (Å²) in [4.78, 5) is 0. The molecule has 1 heterocycles. The van der Waals surface area contributed by atoms with Gasteiger partial charge in [-0.3, -0.25) is 0 Å². The molecule has 6 heteroatoms. The molecule has 1 N–H and O–H groups in total. The quantitative estimate of drug-likeness (QED) is 0.854. The van der Waals surface area contributed by atoms with Gasteiger partial charge in [-0.05, 0) is 43.5 Å². The fourth-order valence-corrected chi connectivity index (χ4v) is 2.32. The van der Waals surface area contributed by atoms with Crippen LogP contribution in [0, 0.1) is 6.92 Å². The molecule has 21 heavy (non-hydrogen) atoms. The zero-order valence-corrected chi connectivity index (χ0v) is 12.8. The van der Waals surface area contributed by atoms with E-state index in [0.717, 1.165) is 28.6 Å². The van der Waals surface area contributed by atoms with Crippen molar-refractivity contribution in [3.05, 3.63) is 40.7 Å². The molecule has 5 nitrogen and oxygen atoms in total. The van der Waals surface area contributed by atoms with Crippen molar-refractivity contribution in [2.75, 3.05) is 6.61 Å². The minimum absolute atomic E-state index is 0.557. The Hall–Kier alpha value is -1.59. The number of nitrogens with zero attached hydrogens (tertiary/aromatic N) is 3. The summed E-state index contributed by atoms with van der Waals surface area (Å²) in [5, 5.41) is 12.4. The van der Waals surface area contributed by atoms with E-state index in [1.54, 1.807) is 0 Å². The molecule has 0 saturated heterocycles. The highest BCUT2D eigenvalue weighted by Crippen LogP contribution is 2.21. The largest absolute Gasteiger partial charge is 0.491 e. The third-order valence-electron chi connectivity index (χ3n) is 3.45. The van der Waals surface area contributed by atoms with E-state index >= 15 is 0 Å². The highest BCUT2D eigenvalue weighted by atomic mass is 35.5. The lowest BCUT2D eigenvalue weighted by Crippen LogP contribution is -2.15. The highest BCUT2D eigenvalue weighted by molar-refractivity contribution is 6.30. The standard InChI is InChI=1S/C15H19ClN4O/c1-11-8-12(16)2-5-15(11)21-7-6-20-10-14(18-19-20)9-17-13-3-4-13/h2,5,8,10,13,17H,3-4,6-7,9H2,1H3. The summed E-state index contributed by atoms with van der Waals surface area (Å²) in [5.74, 6) is 0.857. The van der Waals surface area contributed by atoms with E-state index < -0.39 is 0 Å². The van der Waals surface area contributed by atoms with Gasteiger partial charge >= 0.3 is 0 Å². The number of hydrogen-bond acceptors (Lipinski definition) is 4. The van der Waals surface area contributed by atoms with Crippen LogP contribution in [-0.4, -0.2) is 27.6 Å². The first-order valence-corrected chi connectivity index (χ1v) is 7.60. The lowest BCUT2D eigenvalue weighted by molar-refractivity contribution is 0.288. The van der Waals surface area contributed by atoms with Gasteiger partial charge in [0.15, 0.2) is 0 Å². The van der Waals surface area contributed by atoms with Gasteiger partial charge in [0.1, 0.15) is 12.4 Å². The predicted octanol–water partition coefficient (Wildman–Crippen LogP) is 2.57. The van der Waals surface area contributed by atoms with E-state index in [0.29, 0.717) is 19.2 Å². The molecule has 112 valence electrons. The van der Waals surface area contributed by atoms with Gasteiger partial charge in [0.05, 0.1) is 12.2 Å². The third kappa shape index (κ3) is 4.19. The molecule has 0 amide bonds. The molecule has 1 aliphatic rings. The molecule has 0 bridgehead atoms. The van der Waals surface area contributed by atoms with Crippen molar-refractivity contribution in [3.63, 3.8) is 0 Å². The number of rotatable bonds is 7. The monoisotopic (exact) mass is 306 g/mol. The molecular formula is C15H19ClN4O. The van der Waals surface area contributed by atoms with Crippen LogP contribution in [0.25, 0.3) is 0 Å². The lowest BCUT2D eigenvalue weighted by Gasteiger charge is -2.08. The summed E-state index contributed by atoms with van der Waals surface area (Å²) in [5.41, 5.74) is 2.01. The maximum atomic E-state index is 5.92. The second-order valence-electron chi connectivity index (χ2n) is 5.39. The van der Waals surface area contributed by atoms with Gasteiger partial charge in [0, 0.05) is 23.8 Å². The van der Waals surface area contributed by atoms with Crippen LogP contribution in [0.15, 0.2) is 24.4 Å². The van der Waals surface area contributed by atoms with Crippen molar-refractivity contribution in [3.8, 4) is 5.75 Å². The molecule has 0 aliphatic heterocycles. The Bertz CT molecular complexity index is 609. The second kappa shape index (κ2) is 6.45. The van der Waals surface area contributed by atoms with Crippen molar-refractivity contribution in [1.29, 1.82) is 0 Å². The SMILES string of the molecule is Cc1cc(Cl)ccc1OCCn1cc(CNC2CC2)nn1. The van der Waals surface area contributed by atoms with Crippen LogP contribution in [-0.2, 0) is 13.1 Å². The number of halogens is 1. The average molecular weight is 307 g/mol. The van der Waals surface area contributed by atoms with E-state index in [-0.39, 0.29) is 0 Å². The van der Waals surface area contributed by atoms with Crippen molar-refractivity contribution < 1.29 is 4.74 Å². The molecule has 1 aromatic heterocycles. The summed E-state index contributed by atoms with van der Waals surface area (Å²) in [6.07, 6.45) is 4.53. The number of benzene rings is 1. The smallest absolute Gasteiger partial charge is 0.122 e. The number of hydrogen-bond donors (Lipinski definition) is 1. The van der Waals surface area contributed by atoms with Crippen LogP contribution in [0.4, 0.5) is 0 Å². The van der Waals surface area contributed by atoms with E-state index in [4.69, 9.17) is 16.3 Å². The van der Waals surface area contributed by atoms with Crippen LogP contribution in [0.1, 0.15) is 24.1 Å². The van der Waals surface area contributed by atoms with Crippen molar-refractivity contribution in [1.82, 2.24) is 20.3 Å². The predicted molar refractivity (Wildman–Crippen MR) is 81.6 cm³/mol. The maximum Gasteiger partial charge on any atom is 0.122 e. The van der Waals surface area contributed by atoms with E-state index in [1.807, 2.05) is 36.0 Å². The first-order valence-electron chi connectivity index (χ1n) is 7.22. The topological polar surface area (TPSA) is 52.0 Å². The van der Waals surface area contributed by atoms with E-state index in [2.05, 4.69) is 15.6 Å². The Morgan fingerprint density at radius 1 is 1.43 bits per heavy atom. The van der Waals surface area contributed by atoms with Gasteiger partial charge in [-0.2, -0.15) is 0 Å². The van der Waals surface area contributed by atoms with Crippen LogP contribution < -0.4 is 10.1 Å². The summed E-state index contributed by atoms with van der Waals surface area (Å²) >= 11 is 5.92. The minimum Gasteiger partial charge on any atom is -0.491 e. The van der Waals surface area contributed by atoms with Gasteiger partial charge in [-0.1, -0.05) is 16.8 Å². The van der Waals surface area contributed by atoms with E-state index in [1.165, 1.54) is 12.8 Å². The molecule has 1 aliphatic carbocycles. The number of aryl methyl sites for hydroxylation is 1. The molecule has 2 aromatic rings. The van der Waals surface area contributed by atoms with Gasteiger partial charge in [-0.25, -0.2) is 4.68 Å². The zero-order valence-electron chi connectivity index (χ0n) is 12.1. The second-order valence-corrected chi connectivity index (χ2v) is 5.82. The van der Waals surface area contributed by atoms with Gasteiger partial charge in [0.2, 0.25) is 0 Å². The van der Waals surface area contributed by atoms with Crippen molar-refractivity contribution in [2.24, 2.45) is 0 Å².